The normalized spacial score (nSPS) is 39.9. The zero-order valence-electron chi connectivity index (χ0n) is 5.62. The topological polar surface area (TPSA) is 29.5 Å². The number of fused-ring (bicyclic) bond motifs is 3. The average Bonchev–Trinajstić information content (AvgIpc) is 1.86. The van der Waals surface area contributed by atoms with Crippen LogP contribution in [0.15, 0.2) is 0 Å². The van der Waals surface area contributed by atoms with Gasteiger partial charge in [-0.25, -0.2) is 0 Å². The zero-order valence-corrected chi connectivity index (χ0v) is 6.77. The van der Waals surface area contributed by atoms with Gasteiger partial charge in [-0.2, -0.15) is 0 Å². The van der Waals surface area contributed by atoms with E-state index >= 15 is 0 Å². The van der Waals surface area contributed by atoms with E-state index < -0.39 is 0 Å². The second kappa shape index (κ2) is 2.18. The first-order chi connectivity index (χ1) is 4.77. The van der Waals surface area contributed by atoms with Crippen LogP contribution in [0.1, 0.15) is 12.8 Å². The maximum Gasteiger partial charge on any atom is 0.323 e. The lowest BCUT2D eigenvalue weighted by Crippen LogP contribution is -2.53. The number of hydrogen-bond acceptors (Lipinski definition) is 3. The number of hydrogen-bond donors (Lipinski definition) is 0. The Bertz CT molecular complexity index is 173. The molecule has 0 aliphatic carbocycles. The maximum atomic E-state index is 11.0. The highest BCUT2D eigenvalue weighted by atomic mass is 31.0. The van der Waals surface area contributed by atoms with Crippen LogP contribution in [0.5, 0.6) is 0 Å². The molecular weight excluding hydrogens is 149 g/mol. The van der Waals surface area contributed by atoms with Crippen LogP contribution in [-0.2, 0) is 9.53 Å². The van der Waals surface area contributed by atoms with Crippen LogP contribution in [0.25, 0.3) is 0 Å². The minimum absolute atomic E-state index is 0.0231. The van der Waals surface area contributed by atoms with Gasteiger partial charge in [0.25, 0.3) is 0 Å². The van der Waals surface area contributed by atoms with Gasteiger partial charge in [-0.3, -0.25) is 9.46 Å². The summed E-state index contributed by atoms with van der Waals surface area (Å²) in [5, 5.41) is 0. The Hall–Kier alpha value is -0.140. The molecule has 3 heterocycles. The number of nitrogens with zero attached hydrogens (tertiary/aromatic N) is 1. The van der Waals surface area contributed by atoms with E-state index in [2.05, 4.69) is 9.39 Å². The number of rotatable bonds is 0. The average molecular weight is 159 g/mol. The van der Waals surface area contributed by atoms with E-state index in [1.807, 2.05) is 4.67 Å². The number of esters is 1. The molecule has 3 nitrogen and oxygen atoms in total. The Morgan fingerprint density at radius 1 is 1.60 bits per heavy atom. The van der Waals surface area contributed by atoms with Crippen molar-refractivity contribution >= 4 is 15.4 Å². The fraction of sp³-hybridized carbons (Fsp3) is 0.833. The summed E-state index contributed by atoms with van der Waals surface area (Å²) in [4.78, 5) is 11.0. The molecule has 4 heteroatoms. The predicted octanol–water partition coefficient (Wildman–Crippen LogP) is 0.166. The molecule has 2 unspecified atom stereocenters. The lowest BCUT2D eigenvalue weighted by Gasteiger charge is -2.41. The van der Waals surface area contributed by atoms with Crippen molar-refractivity contribution in [2.24, 2.45) is 0 Å². The van der Waals surface area contributed by atoms with E-state index in [4.69, 9.17) is 4.74 Å². The molecule has 3 atom stereocenters. The largest absolute Gasteiger partial charge is 0.460 e. The molecule has 3 fully saturated rings. The summed E-state index contributed by atoms with van der Waals surface area (Å²) in [5.41, 5.74) is 0. The molecule has 0 aromatic heterocycles. The summed E-state index contributed by atoms with van der Waals surface area (Å²) in [6.45, 7) is 0.890. The van der Waals surface area contributed by atoms with Crippen molar-refractivity contribution in [1.29, 1.82) is 0 Å². The minimum Gasteiger partial charge on any atom is -0.460 e. The van der Waals surface area contributed by atoms with Gasteiger partial charge in [0, 0.05) is 6.54 Å². The van der Waals surface area contributed by atoms with Gasteiger partial charge >= 0.3 is 5.97 Å². The monoisotopic (exact) mass is 159 g/mol. The van der Waals surface area contributed by atoms with Crippen molar-refractivity contribution in [3.8, 4) is 0 Å². The first kappa shape index (κ1) is 6.56. The minimum atomic E-state index is -0.0440. The van der Waals surface area contributed by atoms with Gasteiger partial charge in [0.15, 0.2) is 0 Å². The first-order valence-corrected chi connectivity index (χ1v) is 4.01. The van der Waals surface area contributed by atoms with Gasteiger partial charge in [-0.15, -0.1) is 0 Å². The van der Waals surface area contributed by atoms with E-state index in [1.165, 1.54) is 0 Å². The van der Waals surface area contributed by atoms with E-state index in [1.54, 1.807) is 0 Å². The highest BCUT2D eigenvalue weighted by molar-refractivity contribution is 7.13. The molecule has 0 spiro atoms. The summed E-state index contributed by atoms with van der Waals surface area (Å²) >= 11 is 0. The van der Waals surface area contributed by atoms with Gasteiger partial charge in [0.05, 0.1) is 0 Å². The van der Waals surface area contributed by atoms with E-state index in [0.29, 0.717) is 0 Å². The molecule has 0 aromatic carbocycles. The Morgan fingerprint density at radius 2 is 2.40 bits per heavy atom. The lowest BCUT2D eigenvalue weighted by molar-refractivity contribution is -0.169. The maximum absolute atomic E-state index is 11.0. The van der Waals surface area contributed by atoms with Crippen molar-refractivity contribution in [2.45, 2.75) is 25.0 Å². The molecule has 0 radical (unpaired) electrons. The van der Waals surface area contributed by atoms with E-state index in [-0.39, 0.29) is 18.1 Å². The molecule has 3 rings (SSSR count). The summed E-state index contributed by atoms with van der Waals surface area (Å²) in [6.07, 6.45) is 2.17. The predicted molar refractivity (Wildman–Crippen MR) is 39.3 cm³/mol. The second-order valence-corrected chi connectivity index (χ2v) is 3.51. The van der Waals surface area contributed by atoms with Crippen molar-refractivity contribution in [3.63, 3.8) is 0 Å². The summed E-state index contributed by atoms with van der Waals surface area (Å²) < 4.78 is 7.06. The van der Waals surface area contributed by atoms with Crippen molar-refractivity contribution < 1.29 is 9.53 Å². The van der Waals surface area contributed by atoms with Crippen LogP contribution >= 0.6 is 9.39 Å². The Morgan fingerprint density at radius 3 is 2.80 bits per heavy atom. The molecule has 3 saturated heterocycles. The van der Waals surface area contributed by atoms with Gasteiger partial charge in [0.2, 0.25) is 0 Å². The van der Waals surface area contributed by atoms with Crippen LogP contribution in [0.2, 0.25) is 0 Å². The molecule has 2 bridgehead atoms. The Balaban J connectivity index is 2.18. The Labute approximate surface area is 62.0 Å². The molecule has 0 aromatic rings. The first-order valence-electron chi connectivity index (χ1n) is 3.49. The Kier molecular flexibility index (Phi) is 1.43. The summed E-state index contributed by atoms with van der Waals surface area (Å²) in [6, 6.07) is 0.0231. The van der Waals surface area contributed by atoms with Crippen molar-refractivity contribution in [2.75, 3.05) is 6.54 Å². The fourth-order valence-electron chi connectivity index (χ4n) is 1.56. The van der Waals surface area contributed by atoms with Gasteiger partial charge in [0.1, 0.15) is 12.1 Å². The third-order valence-electron chi connectivity index (χ3n) is 2.13. The molecule has 3 aliphatic heterocycles. The number of carbonyl (C=O) groups excluding carboxylic acids is 1. The van der Waals surface area contributed by atoms with Crippen LogP contribution in [-0.4, -0.2) is 29.3 Å². The van der Waals surface area contributed by atoms with E-state index in [9.17, 15) is 4.79 Å². The highest BCUT2D eigenvalue weighted by Gasteiger charge is 2.39. The lowest BCUT2D eigenvalue weighted by atomic mass is 9.99. The molecule has 0 N–H and O–H groups in total. The van der Waals surface area contributed by atoms with Gasteiger partial charge in [-0.05, 0) is 12.8 Å². The standard InChI is InChI=1S/C6H10NO2P/c8-6-5-2-1-4(9-6)3-7(5)10/h4-5H,1-3,10H2/t4-,5?/m0/s1. The fourth-order valence-corrected chi connectivity index (χ4v) is 2.06. The molecule has 0 amide bonds. The van der Waals surface area contributed by atoms with Crippen molar-refractivity contribution in [3.05, 3.63) is 0 Å². The number of carbonyl (C=O) groups is 1. The molecule has 3 aliphatic rings. The smallest absolute Gasteiger partial charge is 0.323 e. The summed E-state index contributed by atoms with van der Waals surface area (Å²) in [7, 11) is 2.58. The van der Waals surface area contributed by atoms with E-state index in [0.717, 1.165) is 19.4 Å². The van der Waals surface area contributed by atoms with Gasteiger partial charge in [-0.1, -0.05) is 9.39 Å². The number of piperidine rings is 1. The molecule has 10 heavy (non-hydrogen) atoms. The quantitative estimate of drug-likeness (QED) is 0.372. The van der Waals surface area contributed by atoms with Crippen LogP contribution in [0.4, 0.5) is 0 Å². The SMILES string of the molecule is O=C1O[C@H]2CCC1N(P)C2. The van der Waals surface area contributed by atoms with Crippen molar-refractivity contribution in [1.82, 2.24) is 4.67 Å². The zero-order chi connectivity index (χ0) is 7.14. The van der Waals surface area contributed by atoms with Crippen LogP contribution < -0.4 is 0 Å². The summed E-state index contributed by atoms with van der Waals surface area (Å²) in [5.74, 6) is -0.0440. The number of morpholine rings is 1. The third-order valence-corrected chi connectivity index (χ3v) is 2.70. The second-order valence-electron chi connectivity index (χ2n) is 2.85. The molecular formula is C6H10NO2P. The van der Waals surface area contributed by atoms with Gasteiger partial charge < -0.3 is 4.74 Å². The highest BCUT2D eigenvalue weighted by Crippen LogP contribution is 2.29. The molecule has 0 saturated carbocycles. The van der Waals surface area contributed by atoms with Crippen LogP contribution in [0.3, 0.4) is 0 Å². The molecule has 56 valence electrons. The third kappa shape index (κ3) is 0.850. The van der Waals surface area contributed by atoms with Crippen LogP contribution in [0, 0.1) is 0 Å². The number of ether oxygens (including phenoxy) is 1.